The van der Waals surface area contributed by atoms with Crippen molar-refractivity contribution in [2.75, 3.05) is 12.0 Å². The van der Waals surface area contributed by atoms with E-state index in [2.05, 4.69) is 0 Å². The van der Waals surface area contributed by atoms with Crippen molar-refractivity contribution in [3.8, 4) is 5.75 Å². The van der Waals surface area contributed by atoms with E-state index in [1.54, 1.807) is 24.3 Å². The lowest BCUT2D eigenvalue weighted by Crippen LogP contribution is -2.57. The zero-order chi connectivity index (χ0) is 31.0. The topological polar surface area (TPSA) is 90.0 Å². The number of hydrogen-bond donors (Lipinski definition) is 0. The predicted octanol–water partition coefficient (Wildman–Crippen LogP) is 6.22. The molecular weight excluding hydrogens is 601 g/mol. The van der Waals surface area contributed by atoms with Gasteiger partial charge in [-0.15, -0.1) is 23.2 Å². The SMILES string of the molecule is COc1ccc(C(=O)[C@H](C)OC(=O)c2ccc(N3C(=O)[C@@H]4[C@H](C3=O)C3(Cl)c5ccccc5C4(Cl)c4ccccc43)cc2)cc1. The summed E-state index contributed by atoms with van der Waals surface area (Å²) < 4.78 is 10.5. The van der Waals surface area contributed by atoms with Gasteiger partial charge in [-0.2, -0.15) is 0 Å². The fraction of sp³-hybridized carbons (Fsp3) is 0.200. The van der Waals surface area contributed by atoms with Gasteiger partial charge in [-0.25, -0.2) is 9.69 Å². The summed E-state index contributed by atoms with van der Waals surface area (Å²) in [6.07, 6.45) is -1.04. The molecule has 0 radical (unpaired) electrons. The molecule has 9 heteroatoms. The molecule has 4 aromatic carbocycles. The van der Waals surface area contributed by atoms with Crippen LogP contribution in [-0.4, -0.2) is 36.8 Å². The van der Waals surface area contributed by atoms with E-state index in [4.69, 9.17) is 32.7 Å². The van der Waals surface area contributed by atoms with Gasteiger partial charge >= 0.3 is 5.97 Å². The molecule has 8 rings (SSSR count). The third-order valence-electron chi connectivity index (χ3n) is 8.97. The number of ketones is 1. The average Bonchev–Trinajstić information content (AvgIpc) is 3.33. The highest BCUT2D eigenvalue weighted by atomic mass is 35.5. The minimum Gasteiger partial charge on any atom is -0.497 e. The summed E-state index contributed by atoms with van der Waals surface area (Å²) in [5, 5.41) is 0. The van der Waals surface area contributed by atoms with Crippen LogP contribution in [0.5, 0.6) is 5.75 Å². The maximum absolute atomic E-state index is 14.1. The molecular formula is C35H25Cl2NO6. The Labute approximate surface area is 263 Å². The number of alkyl halides is 2. The van der Waals surface area contributed by atoms with Gasteiger partial charge in [0.25, 0.3) is 0 Å². The molecule has 0 spiro atoms. The molecule has 0 N–H and O–H groups in total. The minimum absolute atomic E-state index is 0.155. The molecule has 0 saturated carbocycles. The second-order valence-corrected chi connectivity index (χ2v) is 12.4. The van der Waals surface area contributed by atoms with E-state index in [0.29, 0.717) is 11.3 Å². The Morgan fingerprint density at radius 2 is 1.14 bits per heavy atom. The fourth-order valence-corrected chi connectivity index (χ4v) is 8.04. The normalized spacial score (nSPS) is 25.1. The standard InChI is InChI=1S/C35H25Cl2NO6/c1-19(30(39)20-13-17-23(43-2)18-14-20)44-33(42)21-11-15-22(16-12-21)38-31(40)28-29(32(38)41)35(37)25-8-4-3-7-24(25)34(28,36)26-9-5-6-10-27(26)35/h3-19,28-29H,1-2H3/t19-,28-,29+,34?,35?/m0/s1. The molecule has 220 valence electrons. The number of rotatable bonds is 6. The van der Waals surface area contributed by atoms with E-state index >= 15 is 0 Å². The van der Waals surface area contributed by atoms with E-state index in [0.717, 1.165) is 27.2 Å². The molecule has 4 aromatic rings. The number of hydrogen-bond acceptors (Lipinski definition) is 6. The van der Waals surface area contributed by atoms with Gasteiger partial charge in [0.15, 0.2) is 6.10 Å². The number of amides is 2. The third kappa shape index (κ3) is 3.75. The van der Waals surface area contributed by atoms with Crippen LogP contribution in [-0.2, 0) is 24.1 Å². The summed E-state index contributed by atoms with van der Waals surface area (Å²) in [7, 11) is 1.53. The second kappa shape index (κ2) is 10.0. The highest BCUT2D eigenvalue weighted by Crippen LogP contribution is 2.69. The molecule has 3 atom stereocenters. The van der Waals surface area contributed by atoms with Crippen LogP contribution in [0.25, 0.3) is 0 Å². The number of methoxy groups -OCH3 is 1. The Morgan fingerprint density at radius 1 is 0.705 bits per heavy atom. The lowest BCUT2D eigenvalue weighted by Gasteiger charge is -2.54. The summed E-state index contributed by atoms with van der Waals surface area (Å²) in [6.45, 7) is 1.50. The van der Waals surface area contributed by atoms with Crippen molar-refractivity contribution in [2.24, 2.45) is 11.8 Å². The number of halogens is 2. The molecule has 44 heavy (non-hydrogen) atoms. The summed E-state index contributed by atoms with van der Waals surface area (Å²) in [4.78, 5) is 52.5. The molecule has 0 aromatic heterocycles. The van der Waals surface area contributed by atoms with Crippen molar-refractivity contribution in [3.05, 3.63) is 130 Å². The molecule has 3 aliphatic carbocycles. The Kier molecular flexibility index (Phi) is 6.46. The largest absolute Gasteiger partial charge is 0.497 e. The molecule has 1 fully saturated rings. The van der Waals surface area contributed by atoms with Crippen molar-refractivity contribution < 1.29 is 28.7 Å². The van der Waals surface area contributed by atoms with Gasteiger partial charge in [0.1, 0.15) is 15.5 Å². The minimum atomic E-state index is -1.29. The monoisotopic (exact) mass is 625 g/mol. The third-order valence-corrected chi connectivity index (χ3v) is 10.3. The predicted molar refractivity (Wildman–Crippen MR) is 164 cm³/mol. The van der Waals surface area contributed by atoms with Crippen LogP contribution >= 0.6 is 23.2 Å². The van der Waals surface area contributed by atoms with Crippen molar-refractivity contribution in [1.82, 2.24) is 0 Å². The average molecular weight is 626 g/mol. The lowest BCUT2D eigenvalue weighted by atomic mass is 9.54. The van der Waals surface area contributed by atoms with E-state index in [1.165, 1.54) is 38.3 Å². The highest BCUT2D eigenvalue weighted by Gasteiger charge is 2.73. The van der Waals surface area contributed by atoms with Gasteiger partial charge in [0.2, 0.25) is 17.6 Å². The number of benzene rings is 4. The number of carbonyl (C=O) groups excluding carboxylic acids is 4. The van der Waals surface area contributed by atoms with Gasteiger partial charge < -0.3 is 9.47 Å². The van der Waals surface area contributed by atoms with Crippen LogP contribution in [0.1, 0.15) is 49.9 Å². The first-order valence-corrected chi connectivity index (χ1v) is 14.8. The molecule has 4 aliphatic rings. The number of nitrogens with zero attached hydrogens (tertiary/aromatic N) is 1. The number of esters is 1. The number of carbonyl (C=O) groups is 4. The Morgan fingerprint density at radius 3 is 1.57 bits per heavy atom. The van der Waals surface area contributed by atoms with Crippen LogP contribution in [0.4, 0.5) is 5.69 Å². The molecule has 1 saturated heterocycles. The van der Waals surface area contributed by atoms with Crippen molar-refractivity contribution >= 4 is 52.5 Å². The van der Waals surface area contributed by atoms with E-state index in [1.807, 2.05) is 48.5 Å². The first kappa shape index (κ1) is 28.3. The summed E-state index contributed by atoms with van der Waals surface area (Å²) in [5.74, 6) is -3.28. The summed E-state index contributed by atoms with van der Waals surface area (Å²) >= 11 is 15.0. The lowest BCUT2D eigenvalue weighted by molar-refractivity contribution is -0.122. The summed E-state index contributed by atoms with van der Waals surface area (Å²) in [6, 6.07) is 27.3. The van der Waals surface area contributed by atoms with Gasteiger partial charge in [-0.3, -0.25) is 14.4 Å². The van der Waals surface area contributed by atoms with Crippen LogP contribution in [0.2, 0.25) is 0 Å². The van der Waals surface area contributed by atoms with Gasteiger partial charge in [-0.05, 0) is 77.7 Å². The number of imide groups is 1. The zero-order valence-corrected chi connectivity index (χ0v) is 25.1. The molecule has 7 nitrogen and oxygen atoms in total. The molecule has 1 heterocycles. The maximum Gasteiger partial charge on any atom is 0.338 e. The Bertz CT molecular complexity index is 1750. The number of ether oxygens (including phenoxy) is 2. The van der Waals surface area contributed by atoms with E-state index in [-0.39, 0.29) is 17.0 Å². The van der Waals surface area contributed by atoms with Crippen LogP contribution < -0.4 is 9.64 Å². The smallest absolute Gasteiger partial charge is 0.338 e. The maximum atomic E-state index is 14.1. The van der Waals surface area contributed by atoms with E-state index < -0.39 is 45.5 Å². The highest BCUT2D eigenvalue weighted by molar-refractivity contribution is 6.38. The molecule has 1 aliphatic heterocycles. The summed E-state index contributed by atoms with van der Waals surface area (Å²) in [5.41, 5.74) is 3.68. The van der Waals surface area contributed by atoms with Gasteiger partial charge in [-0.1, -0.05) is 48.5 Å². The Hall–Kier alpha value is -4.46. The van der Waals surface area contributed by atoms with Crippen molar-refractivity contribution in [2.45, 2.75) is 22.8 Å². The first-order valence-electron chi connectivity index (χ1n) is 14.1. The first-order chi connectivity index (χ1) is 21.1. The number of anilines is 1. The van der Waals surface area contributed by atoms with Crippen LogP contribution in [0.3, 0.4) is 0 Å². The fourth-order valence-electron chi connectivity index (χ4n) is 6.94. The van der Waals surface area contributed by atoms with Gasteiger partial charge in [0, 0.05) is 5.56 Å². The van der Waals surface area contributed by atoms with E-state index in [9.17, 15) is 19.2 Å². The number of Topliss-reactive ketones (excluding diaryl/α,β-unsaturated/α-hetero) is 1. The second-order valence-electron chi connectivity index (χ2n) is 11.2. The molecule has 2 bridgehead atoms. The van der Waals surface area contributed by atoms with Crippen LogP contribution in [0.15, 0.2) is 97.1 Å². The van der Waals surface area contributed by atoms with Crippen LogP contribution in [0, 0.1) is 11.8 Å². The van der Waals surface area contributed by atoms with Crippen molar-refractivity contribution in [3.63, 3.8) is 0 Å². The zero-order valence-electron chi connectivity index (χ0n) is 23.6. The van der Waals surface area contributed by atoms with Gasteiger partial charge in [0.05, 0.1) is 30.2 Å². The Balaban J connectivity index is 1.17. The molecule has 2 amide bonds. The van der Waals surface area contributed by atoms with Crippen molar-refractivity contribution in [1.29, 1.82) is 0 Å². The quantitative estimate of drug-likeness (QED) is 0.109. The molecule has 0 unspecified atom stereocenters.